The van der Waals surface area contributed by atoms with Crippen molar-refractivity contribution in [1.82, 2.24) is 15.5 Å². The number of aryl methyl sites for hydroxylation is 1. The lowest BCUT2D eigenvalue weighted by molar-refractivity contribution is -0.152. The molecule has 0 heterocycles. The Morgan fingerprint density at radius 1 is 0.825 bits per heavy atom. The van der Waals surface area contributed by atoms with Crippen molar-refractivity contribution < 1.29 is 33.0 Å². The lowest BCUT2D eigenvalue weighted by Crippen LogP contribution is -2.52. The molecule has 4 aromatic rings. The van der Waals surface area contributed by atoms with E-state index in [1.807, 2.05) is 38.1 Å². The number of benzene rings is 4. The second-order valence-electron chi connectivity index (χ2n) is 14.3. The number of hydrogen-bond acceptors (Lipinski definition) is 7. The number of nitrogens with two attached hydrogens (primary N) is 1. The minimum Gasteiger partial charge on any atom is -0.508 e. The molecule has 0 radical (unpaired) electrons. The molecular formula is C46H54F2N4O5. The smallest absolute Gasteiger partial charge is 0.323 e. The van der Waals surface area contributed by atoms with E-state index in [1.54, 1.807) is 36.1 Å². The van der Waals surface area contributed by atoms with E-state index in [2.05, 4.69) is 29.4 Å². The number of esters is 1. The van der Waals surface area contributed by atoms with Crippen LogP contribution in [0.1, 0.15) is 95.0 Å². The molecule has 9 nitrogen and oxygen atoms in total. The second-order valence-corrected chi connectivity index (χ2v) is 14.3. The predicted octanol–water partition coefficient (Wildman–Crippen LogP) is 7.01. The predicted molar refractivity (Wildman–Crippen MR) is 219 cm³/mol. The van der Waals surface area contributed by atoms with Crippen LogP contribution in [0.2, 0.25) is 0 Å². The Morgan fingerprint density at radius 2 is 1.51 bits per heavy atom. The molecule has 0 aromatic heterocycles. The van der Waals surface area contributed by atoms with Crippen molar-refractivity contribution in [1.29, 1.82) is 0 Å². The molecule has 2 unspecified atom stereocenters. The molecule has 0 spiro atoms. The molecular weight excluding hydrogens is 727 g/mol. The van der Waals surface area contributed by atoms with Gasteiger partial charge >= 0.3 is 5.97 Å². The Bertz CT molecular complexity index is 2000. The molecule has 4 rings (SSSR count). The number of amides is 2. The van der Waals surface area contributed by atoms with Crippen LogP contribution < -0.4 is 16.4 Å². The lowest BCUT2D eigenvalue weighted by Gasteiger charge is -2.30. The molecule has 0 aliphatic heterocycles. The number of phenols is 1. The summed E-state index contributed by atoms with van der Waals surface area (Å²) in [5, 5.41) is 16.0. The number of carbonyl (C=O) groups is 3. The summed E-state index contributed by atoms with van der Waals surface area (Å²) in [7, 11) is 0. The van der Waals surface area contributed by atoms with E-state index in [-0.39, 0.29) is 42.2 Å². The van der Waals surface area contributed by atoms with Gasteiger partial charge < -0.3 is 31.1 Å². The molecule has 2 amide bonds. The Kier molecular flexibility index (Phi) is 17.2. The summed E-state index contributed by atoms with van der Waals surface area (Å²) in [4.78, 5) is 43.2. The summed E-state index contributed by atoms with van der Waals surface area (Å²) >= 11 is 0. The van der Waals surface area contributed by atoms with E-state index in [1.165, 1.54) is 18.2 Å². The number of unbranched alkanes of at least 4 members (excludes halogenated alkanes) is 1. The zero-order valence-electron chi connectivity index (χ0n) is 33.2. The quantitative estimate of drug-likeness (QED) is 0.0595. The summed E-state index contributed by atoms with van der Waals surface area (Å²) in [5.41, 5.74) is 10.3. The van der Waals surface area contributed by atoms with Gasteiger partial charge in [0.15, 0.2) is 0 Å². The van der Waals surface area contributed by atoms with E-state index >= 15 is 0 Å². The summed E-state index contributed by atoms with van der Waals surface area (Å²) in [5.74, 6) is 3.25. The van der Waals surface area contributed by atoms with Crippen molar-refractivity contribution in [2.45, 2.75) is 91.0 Å². The average Bonchev–Trinajstić information content (AvgIpc) is 3.17. The first-order valence-corrected chi connectivity index (χ1v) is 19.6. The normalized spacial score (nSPS) is 12.5. The molecule has 0 aliphatic carbocycles. The largest absolute Gasteiger partial charge is 0.508 e. The third-order valence-corrected chi connectivity index (χ3v) is 9.18. The standard InChI is InChI=1S/C46H54F2N4O5/c1-5-8-9-11-32-12-10-13-34(22-32)29-50-30-43(57-46(56)41(49)25-33-14-16-40(53)17-15-33)42(26-35-23-38(47)28-39(48)24-35)51-44(54)36-20-31(4)21-37(27-36)45(55)52(18-6-2)19-7-3/h10,12-17,20-24,27-28,41-43,50,53H,5-8,18-19,25-26,29-30,49H2,1-4H3,(H,51,54)/t41-,42?,43?/m0/s1. The van der Waals surface area contributed by atoms with Crippen molar-refractivity contribution in [3.8, 4) is 17.6 Å². The van der Waals surface area contributed by atoms with Crippen LogP contribution >= 0.6 is 0 Å². The van der Waals surface area contributed by atoms with Gasteiger partial charge in [-0.15, -0.1) is 0 Å². The Hall–Kier alpha value is -5.57. The van der Waals surface area contributed by atoms with Crippen LogP contribution in [0, 0.1) is 30.4 Å². The van der Waals surface area contributed by atoms with Crippen molar-refractivity contribution in [2.75, 3.05) is 19.6 Å². The number of nitrogens with one attached hydrogen (secondary N) is 2. The van der Waals surface area contributed by atoms with E-state index in [0.717, 1.165) is 55.0 Å². The molecule has 11 heteroatoms. The molecule has 5 N–H and O–H groups in total. The molecule has 0 saturated heterocycles. The van der Waals surface area contributed by atoms with Gasteiger partial charge in [-0.3, -0.25) is 14.4 Å². The van der Waals surface area contributed by atoms with Gasteiger partial charge in [0.2, 0.25) is 0 Å². The lowest BCUT2D eigenvalue weighted by atomic mass is 9.98. The molecule has 302 valence electrons. The Labute approximate surface area is 335 Å². The first-order chi connectivity index (χ1) is 27.4. The molecule has 0 saturated carbocycles. The van der Waals surface area contributed by atoms with Crippen LogP contribution in [0.15, 0.2) is 84.9 Å². The van der Waals surface area contributed by atoms with Gasteiger partial charge in [-0.25, -0.2) is 8.78 Å². The topological polar surface area (TPSA) is 134 Å². The second kappa shape index (κ2) is 22.2. The summed E-state index contributed by atoms with van der Waals surface area (Å²) in [6.45, 7) is 9.35. The molecule has 4 aromatic carbocycles. The zero-order valence-corrected chi connectivity index (χ0v) is 33.2. The van der Waals surface area contributed by atoms with Crippen molar-refractivity contribution >= 4 is 17.8 Å². The van der Waals surface area contributed by atoms with Gasteiger partial charge in [0.05, 0.1) is 6.04 Å². The molecule has 0 bridgehead atoms. The summed E-state index contributed by atoms with van der Waals surface area (Å²) in [6.07, 6.45) is 2.19. The van der Waals surface area contributed by atoms with Gasteiger partial charge in [0.25, 0.3) is 11.8 Å². The van der Waals surface area contributed by atoms with Gasteiger partial charge in [-0.1, -0.05) is 56.9 Å². The van der Waals surface area contributed by atoms with Gasteiger partial charge in [0.1, 0.15) is 29.5 Å². The minimum absolute atomic E-state index is 0.0205. The van der Waals surface area contributed by atoms with Gasteiger partial charge in [0, 0.05) is 55.4 Å². The highest BCUT2D eigenvalue weighted by atomic mass is 19.1. The Balaban J connectivity index is 1.68. The van der Waals surface area contributed by atoms with Crippen molar-refractivity contribution in [3.63, 3.8) is 0 Å². The van der Waals surface area contributed by atoms with E-state index in [4.69, 9.17) is 10.5 Å². The van der Waals surface area contributed by atoms with Crippen LogP contribution in [0.25, 0.3) is 0 Å². The maximum atomic E-state index is 14.5. The number of aromatic hydroxyl groups is 1. The fourth-order valence-corrected chi connectivity index (χ4v) is 6.46. The maximum Gasteiger partial charge on any atom is 0.323 e. The highest BCUT2D eigenvalue weighted by Crippen LogP contribution is 2.18. The van der Waals surface area contributed by atoms with Crippen LogP contribution in [-0.4, -0.2) is 65.6 Å². The zero-order chi connectivity index (χ0) is 41.3. The fourth-order valence-electron chi connectivity index (χ4n) is 6.46. The number of ether oxygens (including phenoxy) is 1. The first-order valence-electron chi connectivity index (χ1n) is 19.6. The number of carbonyl (C=O) groups excluding carboxylic acids is 3. The van der Waals surface area contributed by atoms with Crippen LogP contribution in [0.3, 0.4) is 0 Å². The van der Waals surface area contributed by atoms with Crippen molar-refractivity contribution in [3.05, 3.63) is 136 Å². The molecule has 57 heavy (non-hydrogen) atoms. The highest BCUT2D eigenvalue weighted by molar-refractivity contribution is 6.00. The summed E-state index contributed by atoms with van der Waals surface area (Å²) < 4.78 is 35.1. The molecule has 3 atom stereocenters. The summed E-state index contributed by atoms with van der Waals surface area (Å²) in [6, 6.07) is 19.9. The van der Waals surface area contributed by atoms with Crippen LogP contribution in [0.4, 0.5) is 8.78 Å². The number of halogens is 2. The Morgan fingerprint density at radius 3 is 2.18 bits per heavy atom. The average molecular weight is 781 g/mol. The van der Waals surface area contributed by atoms with Crippen molar-refractivity contribution in [2.24, 2.45) is 5.73 Å². The van der Waals surface area contributed by atoms with Crippen LogP contribution in [-0.2, 0) is 28.9 Å². The first kappa shape index (κ1) is 44.1. The van der Waals surface area contributed by atoms with Crippen LogP contribution in [0.5, 0.6) is 5.75 Å². The van der Waals surface area contributed by atoms with Gasteiger partial charge in [-0.05, 0) is 116 Å². The number of hydrogen-bond donors (Lipinski definition) is 4. The number of phenolic OH excluding ortho intramolecular Hbond substituents is 1. The van der Waals surface area contributed by atoms with E-state index in [9.17, 15) is 28.3 Å². The maximum absolute atomic E-state index is 14.5. The molecule has 0 aliphatic rings. The third-order valence-electron chi connectivity index (χ3n) is 9.18. The monoisotopic (exact) mass is 780 g/mol. The molecule has 0 fully saturated rings. The minimum atomic E-state index is -1.11. The third kappa shape index (κ3) is 14.1. The number of rotatable bonds is 19. The number of nitrogens with zero attached hydrogens (tertiary/aromatic N) is 1. The van der Waals surface area contributed by atoms with Gasteiger partial charge in [-0.2, -0.15) is 0 Å². The SMILES string of the molecule is CCCC#Cc1cccc(CNCC(OC(=O)[C@@H](N)Cc2ccc(O)cc2)C(Cc2cc(F)cc(F)c2)NC(=O)c2cc(C)cc(C(=O)N(CCC)CCC)c2)c1. The highest BCUT2D eigenvalue weighted by Gasteiger charge is 2.30. The van der Waals surface area contributed by atoms with E-state index < -0.39 is 41.7 Å². The fraction of sp³-hybridized carbons (Fsp3) is 0.370. The van der Waals surface area contributed by atoms with E-state index in [0.29, 0.717) is 36.3 Å².